The molecule has 1 aromatic heterocycles. The van der Waals surface area contributed by atoms with Crippen LogP contribution < -0.4 is 10.6 Å². The number of nitrogens with one attached hydrogen (secondary N) is 2. The Morgan fingerprint density at radius 2 is 1.97 bits per heavy atom. The van der Waals surface area contributed by atoms with Gasteiger partial charge in [-0.2, -0.15) is 4.68 Å². The molecule has 2 N–H and O–H groups in total. The van der Waals surface area contributed by atoms with Crippen LogP contribution in [0.25, 0.3) is 5.69 Å². The number of rotatable bonds is 7. The summed E-state index contributed by atoms with van der Waals surface area (Å²) in [6.07, 6.45) is 1.83. The molecule has 0 saturated heterocycles. The average molecular weight is 400 g/mol. The number of nitrogens with zero attached hydrogens (tertiary/aromatic N) is 4. The molecule has 2 aromatic rings. The van der Waals surface area contributed by atoms with Crippen molar-refractivity contribution in [2.75, 3.05) is 13.2 Å². The predicted octanol–water partition coefficient (Wildman–Crippen LogP) is 0.728. The van der Waals surface area contributed by atoms with Crippen LogP contribution in [0.2, 0.25) is 0 Å². The third-order valence-electron chi connectivity index (χ3n) is 4.21. The minimum Gasteiger partial charge on any atom is -0.463 e. The normalized spacial score (nSPS) is 16.1. The summed E-state index contributed by atoms with van der Waals surface area (Å²) in [6, 6.07) is 5.61. The van der Waals surface area contributed by atoms with Gasteiger partial charge < -0.3 is 20.1 Å². The van der Waals surface area contributed by atoms with Crippen LogP contribution in [0, 0.1) is 0 Å². The van der Waals surface area contributed by atoms with Crippen molar-refractivity contribution in [3.63, 3.8) is 0 Å². The molecule has 1 atom stereocenters. The summed E-state index contributed by atoms with van der Waals surface area (Å²) in [5.74, 6) is -1.24. The highest BCUT2D eigenvalue weighted by molar-refractivity contribution is 5.96. The van der Waals surface area contributed by atoms with Gasteiger partial charge in [0.05, 0.1) is 35.2 Å². The molecule has 11 nitrogen and oxygen atoms in total. The lowest BCUT2D eigenvalue weighted by Crippen LogP contribution is -2.51. The van der Waals surface area contributed by atoms with Gasteiger partial charge in [-0.3, -0.25) is 0 Å². The zero-order valence-corrected chi connectivity index (χ0v) is 15.9. The molecule has 3 rings (SSSR count). The molecular formula is C18H20N6O5. The van der Waals surface area contributed by atoms with E-state index in [0.29, 0.717) is 12.1 Å². The van der Waals surface area contributed by atoms with E-state index in [1.54, 1.807) is 31.2 Å². The SMILES string of the molecule is CCOC(=O)C1=C(COC(=O)c2ccccc2-n2cnnn2)NC(=O)N[C@@H]1CC. The fourth-order valence-corrected chi connectivity index (χ4v) is 2.91. The highest BCUT2D eigenvalue weighted by atomic mass is 16.5. The summed E-state index contributed by atoms with van der Waals surface area (Å²) in [7, 11) is 0. The standard InChI is InChI=1S/C18H20N6O5/c1-3-12-15(17(26)28-4-2)13(21-18(27)20-12)9-29-16(25)11-7-5-6-8-14(11)24-10-19-22-23-24/h5-8,10,12H,3-4,9H2,1-2H3,(H2,20,21,27)/t12-/m1/s1. The molecule has 0 spiro atoms. The smallest absolute Gasteiger partial charge is 0.340 e. The first-order chi connectivity index (χ1) is 14.0. The molecule has 2 amide bonds. The number of urea groups is 1. The first-order valence-electron chi connectivity index (χ1n) is 9.02. The van der Waals surface area contributed by atoms with Gasteiger partial charge in [-0.15, -0.1) is 5.10 Å². The molecule has 0 bridgehead atoms. The van der Waals surface area contributed by atoms with Crippen molar-refractivity contribution in [1.82, 2.24) is 30.8 Å². The summed E-state index contributed by atoms with van der Waals surface area (Å²) in [4.78, 5) is 37.0. The van der Waals surface area contributed by atoms with Crippen LogP contribution in [0.1, 0.15) is 30.6 Å². The van der Waals surface area contributed by atoms with E-state index < -0.39 is 24.0 Å². The fraction of sp³-hybridized carbons (Fsp3) is 0.333. The van der Waals surface area contributed by atoms with Crippen LogP contribution in [0.5, 0.6) is 0 Å². The van der Waals surface area contributed by atoms with Gasteiger partial charge in [0.25, 0.3) is 0 Å². The van der Waals surface area contributed by atoms with E-state index in [-0.39, 0.29) is 30.0 Å². The molecule has 0 saturated carbocycles. The van der Waals surface area contributed by atoms with E-state index in [4.69, 9.17) is 9.47 Å². The molecule has 1 aromatic carbocycles. The second-order valence-corrected chi connectivity index (χ2v) is 6.02. The first kappa shape index (κ1) is 20.0. The van der Waals surface area contributed by atoms with Crippen molar-refractivity contribution in [3.8, 4) is 5.69 Å². The number of esters is 2. The Morgan fingerprint density at radius 3 is 2.66 bits per heavy atom. The third kappa shape index (κ3) is 4.39. The summed E-state index contributed by atoms with van der Waals surface area (Å²) in [5.41, 5.74) is 1.08. The second-order valence-electron chi connectivity index (χ2n) is 6.02. The Balaban J connectivity index is 1.84. The minimum atomic E-state index is -0.660. The van der Waals surface area contributed by atoms with Gasteiger partial charge in [0.1, 0.15) is 12.9 Å². The molecule has 0 fully saturated rings. The molecule has 1 aliphatic rings. The Hall–Kier alpha value is -3.76. The summed E-state index contributed by atoms with van der Waals surface area (Å²) >= 11 is 0. The van der Waals surface area contributed by atoms with E-state index in [9.17, 15) is 14.4 Å². The van der Waals surface area contributed by atoms with Crippen molar-refractivity contribution in [2.24, 2.45) is 0 Å². The maximum absolute atomic E-state index is 12.7. The number of tetrazole rings is 1. The summed E-state index contributed by atoms with van der Waals surface area (Å²) in [5, 5.41) is 16.1. The molecule has 0 aliphatic carbocycles. The lowest BCUT2D eigenvalue weighted by molar-refractivity contribution is -0.139. The lowest BCUT2D eigenvalue weighted by atomic mass is 10.0. The van der Waals surface area contributed by atoms with Crippen LogP contribution >= 0.6 is 0 Å². The van der Waals surface area contributed by atoms with E-state index in [2.05, 4.69) is 26.2 Å². The molecule has 29 heavy (non-hydrogen) atoms. The van der Waals surface area contributed by atoms with Crippen molar-refractivity contribution in [3.05, 3.63) is 47.4 Å². The number of ether oxygens (including phenoxy) is 2. The number of hydrogen-bond donors (Lipinski definition) is 2. The molecule has 2 heterocycles. The van der Waals surface area contributed by atoms with Crippen LogP contribution in [0.3, 0.4) is 0 Å². The Kier molecular flexibility index (Phi) is 6.17. The molecule has 0 radical (unpaired) electrons. The number of para-hydroxylation sites is 1. The van der Waals surface area contributed by atoms with E-state index >= 15 is 0 Å². The largest absolute Gasteiger partial charge is 0.463 e. The van der Waals surface area contributed by atoms with E-state index in [1.165, 1.54) is 11.0 Å². The number of hydrogen-bond acceptors (Lipinski definition) is 8. The summed E-state index contributed by atoms with van der Waals surface area (Å²) < 4.78 is 11.8. The van der Waals surface area contributed by atoms with Crippen LogP contribution in [-0.4, -0.2) is 57.4 Å². The van der Waals surface area contributed by atoms with Gasteiger partial charge in [-0.1, -0.05) is 19.1 Å². The van der Waals surface area contributed by atoms with Gasteiger partial charge in [-0.25, -0.2) is 14.4 Å². The number of aromatic nitrogens is 4. The van der Waals surface area contributed by atoms with Crippen LogP contribution in [0.4, 0.5) is 4.79 Å². The Labute approximate surface area is 166 Å². The zero-order chi connectivity index (χ0) is 20.8. The molecule has 0 unspecified atom stereocenters. The van der Waals surface area contributed by atoms with Gasteiger partial charge >= 0.3 is 18.0 Å². The maximum atomic E-state index is 12.7. The number of benzene rings is 1. The lowest BCUT2D eigenvalue weighted by Gasteiger charge is -2.28. The monoisotopic (exact) mass is 400 g/mol. The van der Waals surface area contributed by atoms with Crippen molar-refractivity contribution >= 4 is 18.0 Å². The van der Waals surface area contributed by atoms with Crippen LogP contribution in [0.15, 0.2) is 41.9 Å². The van der Waals surface area contributed by atoms with Gasteiger partial charge in [0, 0.05) is 0 Å². The van der Waals surface area contributed by atoms with Crippen molar-refractivity contribution in [1.29, 1.82) is 0 Å². The molecule has 1 aliphatic heterocycles. The quantitative estimate of drug-likeness (QED) is 0.649. The minimum absolute atomic E-state index is 0.180. The van der Waals surface area contributed by atoms with Gasteiger partial charge in [0.15, 0.2) is 0 Å². The predicted molar refractivity (Wildman–Crippen MR) is 98.8 cm³/mol. The van der Waals surface area contributed by atoms with Gasteiger partial charge in [0.2, 0.25) is 0 Å². The average Bonchev–Trinajstić information content (AvgIpc) is 3.26. The van der Waals surface area contributed by atoms with Crippen LogP contribution in [-0.2, 0) is 14.3 Å². The van der Waals surface area contributed by atoms with Crippen molar-refractivity contribution in [2.45, 2.75) is 26.3 Å². The highest BCUT2D eigenvalue weighted by Gasteiger charge is 2.32. The number of carbonyl (C=O) groups excluding carboxylic acids is 3. The Morgan fingerprint density at radius 1 is 1.17 bits per heavy atom. The number of carbonyl (C=O) groups is 3. The molecule has 11 heteroatoms. The second kappa shape index (κ2) is 8.95. The zero-order valence-electron chi connectivity index (χ0n) is 15.9. The van der Waals surface area contributed by atoms with Gasteiger partial charge in [-0.05, 0) is 35.9 Å². The highest BCUT2D eigenvalue weighted by Crippen LogP contribution is 2.19. The topological polar surface area (TPSA) is 137 Å². The summed E-state index contributed by atoms with van der Waals surface area (Å²) in [6.45, 7) is 3.38. The Bertz CT molecular complexity index is 940. The fourth-order valence-electron chi connectivity index (χ4n) is 2.91. The van der Waals surface area contributed by atoms with E-state index in [0.717, 1.165) is 0 Å². The molecular weight excluding hydrogens is 380 g/mol. The maximum Gasteiger partial charge on any atom is 0.340 e. The first-order valence-corrected chi connectivity index (χ1v) is 9.02. The van der Waals surface area contributed by atoms with E-state index in [1.807, 2.05) is 6.92 Å². The number of amides is 2. The third-order valence-corrected chi connectivity index (χ3v) is 4.21. The molecule has 152 valence electrons. The van der Waals surface area contributed by atoms with Crippen molar-refractivity contribution < 1.29 is 23.9 Å².